The molecule has 22 heavy (non-hydrogen) atoms. The van der Waals surface area contributed by atoms with Gasteiger partial charge in [-0.1, -0.05) is 6.92 Å². The molecule has 3 unspecified atom stereocenters. The van der Waals surface area contributed by atoms with Gasteiger partial charge in [-0.05, 0) is 27.7 Å². The molecule has 3 atom stereocenters. The zero-order chi connectivity index (χ0) is 17.0. The molecule has 1 aliphatic rings. The molecule has 0 spiro atoms. The molecule has 0 aromatic heterocycles. The second kappa shape index (κ2) is 7.59. The van der Waals surface area contributed by atoms with Crippen LogP contribution in [0.2, 0.25) is 0 Å². The first-order valence-corrected chi connectivity index (χ1v) is 7.56. The standard InChI is InChI=1S/C15H29NO6/c1-10(14(2,3)22-13(16)18)11(6-17)7-19-8-12-9-20-15(4,5)21-12/h10-12,17H,6-9H2,1-5H3,(H2,16,18). The third-order valence-corrected chi connectivity index (χ3v) is 4.10. The SMILES string of the molecule is CC(C(CO)COCC1COC(C)(C)O1)C(C)(C)OC(N)=O. The molecule has 1 aliphatic heterocycles. The zero-order valence-corrected chi connectivity index (χ0v) is 14.1. The summed E-state index contributed by atoms with van der Waals surface area (Å²) >= 11 is 0. The van der Waals surface area contributed by atoms with Crippen LogP contribution in [0, 0.1) is 11.8 Å². The topological polar surface area (TPSA) is 100 Å². The van der Waals surface area contributed by atoms with Crippen molar-refractivity contribution in [1.29, 1.82) is 0 Å². The fourth-order valence-corrected chi connectivity index (χ4v) is 2.47. The maximum Gasteiger partial charge on any atom is 0.405 e. The summed E-state index contributed by atoms with van der Waals surface area (Å²) in [5.74, 6) is -0.874. The number of rotatable bonds is 8. The lowest BCUT2D eigenvalue weighted by Gasteiger charge is -2.35. The average Bonchev–Trinajstić information content (AvgIpc) is 2.72. The molecule has 0 saturated carbocycles. The maximum absolute atomic E-state index is 11.0. The summed E-state index contributed by atoms with van der Waals surface area (Å²) in [5.41, 5.74) is 4.30. The Kier molecular flexibility index (Phi) is 6.61. The van der Waals surface area contributed by atoms with Crippen molar-refractivity contribution in [2.24, 2.45) is 17.6 Å². The molecular formula is C15H29NO6. The third-order valence-electron chi connectivity index (χ3n) is 4.10. The van der Waals surface area contributed by atoms with E-state index in [0.29, 0.717) is 19.8 Å². The monoisotopic (exact) mass is 319 g/mol. The molecule has 1 amide bonds. The van der Waals surface area contributed by atoms with Gasteiger partial charge >= 0.3 is 6.09 Å². The van der Waals surface area contributed by atoms with Crippen LogP contribution in [0.25, 0.3) is 0 Å². The predicted octanol–water partition coefficient (Wildman–Crippen LogP) is 1.27. The Morgan fingerprint density at radius 1 is 1.50 bits per heavy atom. The first kappa shape index (κ1) is 19.2. The van der Waals surface area contributed by atoms with E-state index >= 15 is 0 Å². The normalized spacial score (nSPS) is 24.0. The molecule has 130 valence electrons. The van der Waals surface area contributed by atoms with Crippen LogP contribution in [-0.2, 0) is 18.9 Å². The van der Waals surface area contributed by atoms with Crippen LogP contribution in [0.4, 0.5) is 4.79 Å². The van der Waals surface area contributed by atoms with Crippen molar-refractivity contribution >= 4 is 6.09 Å². The first-order valence-electron chi connectivity index (χ1n) is 7.56. The zero-order valence-electron chi connectivity index (χ0n) is 14.1. The summed E-state index contributed by atoms with van der Waals surface area (Å²) in [6, 6.07) is 0. The van der Waals surface area contributed by atoms with Crippen LogP contribution in [0.1, 0.15) is 34.6 Å². The highest BCUT2D eigenvalue weighted by Crippen LogP contribution is 2.28. The summed E-state index contributed by atoms with van der Waals surface area (Å²) in [6.45, 7) is 10.3. The van der Waals surface area contributed by atoms with E-state index in [2.05, 4.69) is 0 Å². The van der Waals surface area contributed by atoms with Gasteiger partial charge in [-0.25, -0.2) is 4.79 Å². The van der Waals surface area contributed by atoms with E-state index < -0.39 is 17.5 Å². The molecule has 0 aromatic rings. The molecule has 1 saturated heterocycles. The molecule has 1 heterocycles. The number of carbonyl (C=O) groups is 1. The van der Waals surface area contributed by atoms with Gasteiger partial charge in [-0.3, -0.25) is 0 Å². The molecular weight excluding hydrogens is 290 g/mol. The van der Waals surface area contributed by atoms with Crippen molar-refractivity contribution in [3.05, 3.63) is 0 Å². The van der Waals surface area contributed by atoms with Crippen LogP contribution >= 0.6 is 0 Å². The lowest BCUT2D eigenvalue weighted by molar-refractivity contribution is -0.146. The second-order valence-electron chi connectivity index (χ2n) is 6.74. The first-order chi connectivity index (χ1) is 10.1. The van der Waals surface area contributed by atoms with Gasteiger partial charge in [-0.2, -0.15) is 0 Å². The Bertz CT molecular complexity index is 371. The minimum atomic E-state index is -0.826. The smallest absolute Gasteiger partial charge is 0.405 e. The lowest BCUT2D eigenvalue weighted by Crippen LogP contribution is -2.43. The highest BCUT2D eigenvalue weighted by molar-refractivity contribution is 5.65. The van der Waals surface area contributed by atoms with E-state index in [4.69, 9.17) is 24.7 Å². The van der Waals surface area contributed by atoms with E-state index in [9.17, 15) is 9.90 Å². The van der Waals surface area contributed by atoms with E-state index in [1.807, 2.05) is 20.8 Å². The number of carbonyl (C=O) groups excluding carboxylic acids is 1. The molecule has 0 aliphatic carbocycles. The van der Waals surface area contributed by atoms with Crippen molar-refractivity contribution in [3.8, 4) is 0 Å². The summed E-state index contributed by atoms with van der Waals surface area (Å²) in [4.78, 5) is 11.0. The molecule has 0 radical (unpaired) electrons. The Hall–Kier alpha value is -0.890. The Labute approximate surface area is 132 Å². The third kappa shape index (κ3) is 5.72. The van der Waals surface area contributed by atoms with Gasteiger partial charge in [0.25, 0.3) is 0 Å². The van der Waals surface area contributed by atoms with Gasteiger partial charge in [0.05, 0.1) is 19.8 Å². The molecule has 0 aromatic carbocycles. The van der Waals surface area contributed by atoms with Gasteiger partial charge in [0.1, 0.15) is 11.7 Å². The Morgan fingerprint density at radius 2 is 2.14 bits per heavy atom. The Balaban J connectivity index is 2.43. The van der Waals surface area contributed by atoms with Crippen molar-refractivity contribution < 1.29 is 28.8 Å². The highest BCUT2D eigenvalue weighted by Gasteiger charge is 2.36. The summed E-state index contributed by atoms with van der Waals surface area (Å²) in [6.07, 6.45) is -0.937. The van der Waals surface area contributed by atoms with Crippen molar-refractivity contribution in [2.75, 3.05) is 26.4 Å². The van der Waals surface area contributed by atoms with Crippen LogP contribution in [-0.4, -0.2) is 55.1 Å². The predicted molar refractivity (Wildman–Crippen MR) is 80.2 cm³/mol. The van der Waals surface area contributed by atoms with Gasteiger partial charge < -0.3 is 29.8 Å². The van der Waals surface area contributed by atoms with Crippen LogP contribution in [0.15, 0.2) is 0 Å². The maximum atomic E-state index is 11.0. The minimum Gasteiger partial charge on any atom is -0.443 e. The summed E-state index contributed by atoms with van der Waals surface area (Å²) in [5, 5.41) is 9.56. The van der Waals surface area contributed by atoms with Crippen molar-refractivity contribution in [2.45, 2.75) is 52.1 Å². The molecule has 3 N–H and O–H groups in total. The molecule has 0 bridgehead atoms. The summed E-state index contributed by atoms with van der Waals surface area (Å²) < 4.78 is 21.9. The average molecular weight is 319 g/mol. The summed E-state index contributed by atoms with van der Waals surface area (Å²) in [7, 11) is 0. The number of hydrogen-bond donors (Lipinski definition) is 2. The largest absolute Gasteiger partial charge is 0.443 e. The Morgan fingerprint density at radius 3 is 2.59 bits per heavy atom. The van der Waals surface area contributed by atoms with Crippen LogP contribution in [0.5, 0.6) is 0 Å². The van der Waals surface area contributed by atoms with Gasteiger partial charge in [0.2, 0.25) is 0 Å². The van der Waals surface area contributed by atoms with E-state index in [1.54, 1.807) is 13.8 Å². The van der Waals surface area contributed by atoms with Gasteiger partial charge in [0.15, 0.2) is 5.79 Å². The number of aliphatic hydroxyl groups is 1. The number of amides is 1. The van der Waals surface area contributed by atoms with E-state index in [-0.39, 0.29) is 24.5 Å². The van der Waals surface area contributed by atoms with Crippen molar-refractivity contribution in [1.82, 2.24) is 0 Å². The highest BCUT2D eigenvalue weighted by atomic mass is 16.7. The minimum absolute atomic E-state index is 0.0692. The van der Waals surface area contributed by atoms with Crippen molar-refractivity contribution in [3.63, 3.8) is 0 Å². The lowest BCUT2D eigenvalue weighted by atomic mass is 9.82. The second-order valence-corrected chi connectivity index (χ2v) is 6.74. The molecule has 1 rings (SSSR count). The number of ether oxygens (including phenoxy) is 4. The number of primary amides is 1. The van der Waals surface area contributed by atoms with E-state index in [0.717, 1.165) is 0 Å². The molecule has 7 heteroatoms. The van der Waals surface area contributed by atoms with E-state index in [1.165, 1.54) is 0 Å². The number of nitrogens with two attached hydrogens (primary N) is 1. The fourth-order valence-electron chi connectivity index (χ4n) is 2.47. The quantitative estimate of drug-likeness (QED) is 0.699. The number of aliphatic hydroxyl groups excluding tert-OH is 1. The van der Waals surface area contributed by atoms with Crippen LogP contribution in [0.3, 0.4) is 0 Å². The fraction of sp³-hybridized carbons (Fsp3) is 0.933. The molecule has 1 fully saturated rings. The number of hydrogen-bond acceptors (Lipinski definition) is 6. The molecule has 7 nitrogen and oxygen atoms in total. The van der Waals surface area contributed by atoms with Gasteiger partial charge in [0, 0.05) is 18.4 Å². The van der Waals surface area contributed by atoms with Gasteiger partial charge in [-0.15, -0.1) is 0 Å². The van der Waals surface area contributed by atoms with Crippen LogP contribution < -0.4 is 5.73 Å².